The molecular weight excluding hydrogens is 142 g/mol. The molecule has 64 valence electrons. The van der Waals surface area contributed by atoms with E-state index in [2.05, 4.69) is 10.3 Å². The number of rotatable bonds is 2. The van der Waals surface area contributed by atoms with Gasteiger partial charge in [-0.2, -0.15) is 0 Å². The maximum absolute atomic E-state index is 10.8. The Balaban J connectivity index is 2.19. The second kappa shape index (κ2) is 4.31. The van der Waals surface area contributed by atoms with Gasteiger partial charge in [0.25, 0.3) is 0 Å². The molecule has 4 nitrogen and oxygen atoms in total. The van der Waals surface area contributed by atoms with Crippen molar-refractivity contribution in [3.63, 3.8) is 0 Å². The van der Waals surface area contributed by atoms with Crippen molar-refractivity contribution in [2.24, 2.45) is 5.84 Å². The minimum absolute atomic E-state index is 0.0908. The van der Waals surface area contributed by atoms with Crippen molar-refractivity contribution in [3.8, 4) is 0 Å². The molecular formula is C7H15N3O. The third-order valence-electron chi connectivity index (χ3n) is 1.98. The van der Waals surface area contributed by atoms with Crippen LogP contribution in [0, 0.1) is 0 Å². The zero-order valence-corrected chi connectivity index (χ0v) is 6.68. The topological polar surface area (TPSA) is 58.4 Å². The summed E-state index contributed by atoms with van der Waals surface area (Å²) in [5.41, 5.74) is 2.13. The van der Waals surface area contributed by atoms with Crippen LogP contribution in [0.4, 0.5) is 0 Å². The number of hydrogen-bond acceptors (Lipinski definition) is 3. The zero-order chi connectivity index (χ0) is 8.10. The average molecular weight is 157 g/mol. The van der Waals surface area contributed by atoms with E-state index in [1.807, 2.05) is 0 Å². The van der Waals surface area contributed by atoms with Crippen molar-refractivity contribution in [3.05, 3.63) is 0 Å². The van der Waals surface area contributed by atoms with Crippen molar-refractivity contribution < 1.29 is 4.79 Å². The number of amides is 1. The van der Waals surface area contributed by atoms with Gasteiger partial charge in [-0.1, -0.05) is 6.42 Å². The SMILES string of the molecule is NNC(=O)CN1CCCCC1. The van der Waals surface area contributed by atoms with Gasteiger partial charge in [-0.3, -0.25) is 15.1 Å². The Labute approximate surface area is 66.7 Å². The molecule has 1 saturated heterocycles. The van der Waals surface area contributed by atoms with Crippen LogP contribution in [-0.2, 0) is 4.79 Å². The fraction of sp³-hybridized carbons (Fsp3) is 0.857. The smallest absolute Gasteiger partial charge is 0.248 e. The molecule has 11 heavy (non-hydrogen) atoms. The molecule has 4 heteroatoms. The first kappa shape index (κ1) is 8.49. The molecule has 0 aliphatic carbocycles. The third kappa shape index (κ3) is 2.86. The molecule has 1 amide bonds. The number of nitrogens with one attached hydrogen (secondary N) is 1. The summed E-state index contributed by atoms with van der Waals surface area (Å²) >= 11 is 0. The fourth-order valence-electron chi connectivity index (χ4n) is 1.37. The first-order valence-corrected chi connectivity index (χ1v) is 4.05. The second-order valence-electron chi connectivity index (χ2n) is 2.90. The number of hydrogen-bond donors (Lipinski definition) is 2. The molecule has 0 atom stereocenters. The highest BCUT2D eigenvalue weighted by Gasteiger charge is 2.12. The highest BCUT2D eigenvalue weighted by Crippen LogP contribution is 2.07. The lowest BCUT2D eigenvalue weighted by Crippen LogP contribution is -2.42. The molecule has 0 saturated carbocycles. The fourth-order valence-corrected chi connectivity index (χ4v) is 1.37. The molecule has 0 aromatic rings. The normalized spacial score (nSPS) is 19.7. The lowest BCUT2D eigenvalue weighted by molar-refractivity contribution is -0.122. The van der Waals surface area contributed by atoms with Gasteiger partial charge in [0.1, 0.15) is 0 Å². The number of likely N-dealkylation sites (tertiary alicyclic amines) is 1. The molecule has 1 fully saturated rings. The molecule has 0 bridgehead atoms. The van der Waals surface area contributed by atoms with Crippen molar-refractivity contribution in [1.29, 1.82) is 0 Å². The standard InChI is InChI=1S/C7H15N3O/c8-9-7(11)6-10-4-2-1-3-5-10/h1-6,8H2,(H,9,11). The van der Waals surface area contributed by atoms with E-state index in [0.29, 0.717) is 6.54 Å². The Bertz CT molecular complexity index is 132. The van der Waals surface area contributed by atoms with Gasteiger partial charge in [0.15, 0.2) is 0 Å². The number of carbonyl (C=O) groups is 1. The number of piperidine rings is 1. The van der Waals surface area contributed by atoms with Gasteiger partial charge < -0.3 is 0 Å². The lowest BCUT2D eigenvalue weighted by atomic mass is 10.1. The summed E-state index contributed by atoms with van der Waals surface area (Å²) in [6, 6.07) is 0. The highest BCUT2D eigenvalue weighted by atomic mass is 16.2. The van der Waals surface area contributed by atoms with Crippen LogP contribution in [0.2, 0.25) is 0 Å². The van der Waals surface area contributed by atoms with Crippen LogP contribution < -0.4 is 11.3 Å². The Morgan fingerprint density at radius 2 is 2.00 bits per heavy atom. The largest absolute Gasteiger partial charge is 0.294 e. The van der Waals surface area contributed by atoms with E-state index in [4.69, 9.17) is 5.84 Å². The van der Waals surface area contributed by atoms with Crippen molar-refractivity contribution in [2.45, 2.75) is 19.3 Å². The van der Waals surface area contributed by atoms with Crippen molar-refractivity contribution in [2.75, 3.05) is 19.6 Å². The highest BCUT2D eigenvalue weighted by molar-refractivity contribution is 5.77. The van der Waals surface area contributed by atoms with Gasteiger partial charge in [-0.25, -0.2) is 5.84 Å². The van der Waals surface area contributed by atoms with E-state index in [9.17, 15) is 4.79 Å². The van der Waals surface area contributed by atoms with E-state index < -0.39 is 0 Å². The zero-order valence-electron chi connectivity index (χ0n) is 6.68. The summed E-state index contributed by atoms with van der Waals surface area (Å²) < 4.78 is 0. The summed E-state index contributed by atoms with van der Waals surface area (Å²) in [5, 5.41) is 0. The summed E-state index contributed by atoms with van der Waals surface area (Å²) in [6.45, 7) is 2.53. The van der Waals surface area contributed by atoms with Crippen molar-refractivity contribution >= 4 is 5.91 Å². The average Bonchev–Trinajstić information content (AvgIpc) is 2.06. The van der Waals surface area contributed by atoms with Crippen molar-refractivity contribution in [1.82, 2.24) is 10.3 Å². The van der Waals surface area contributed by atoms with Crippen LogP contribution >= 0.6 is 0 Å². The molecule has 0 radical (unpaired) electrons. The predicted molar refractivity (Wildman–Crippen MR) is 42.6 cm³/mol. The predicted octanol–water partition coefficient (Wildman–Crippen LogP) is -0.538. The Morgan fingerprint density at radius 3 is 2.55 bits per heavy atom. The summed E-state index contributed by atoms with van der Waals surface area (Å²) in [5.74, 6) is 4.87. The number of hydrazine groups is 1. The van der Waals surface area contributed by atoms with Gasteiger partial charge in [-0.15, -0.1) is 0 Å². The number of nitrogens with two attached hydrogens (primary N) is 1. The van der Waals surface area contributed by atoms with Gasteiger partial charge in [-0.05, 0) is 25.9 Å². The minimum atomic E-state index is -0.0908. The monoisotopic (exact) mass is 157 g/mol. The summed E-state index contributed by atoms with van der Waals surface area (Å²) in [7, 11) is 0. The summed E-state index contributed by atoms with van der Waals surface area (Å²) in [6.07, 6.45) is 3.70. The molecule has 1 aliphatic rings. The molecule has 1 rings (SSSR count). The van der Waals surface area contributed by atoms with Gasteiger partial charge in [0.05, 0.1) is 6.54 Å². The quantitative estimate of drug-likeness (QED) is 0.321. The Morgan fingerprint density at radius 1 is 1.36 bits per heavy atom. The van der Waals surface area contributed by atoms with Crippen LogP contribution in [0.3, 0.4) is 0 Å². The van der Waals surface area contributed by atoms with E-state index in [1.165, 1.54) is 19.3 Å². The van der Waals surface area contributed by atoms with Gasteiger partial charge in [0.2, 0.25) is 5.91 Å². The van der Waals surface area contributed by atoms with E-state index in [-0.39, 0.29) is 5.91 Å². The summed E-state index contributed by atoms with van der Waals surface area (Å²) in [4.78, 5) is 12.9. The van der Waals surface area contributed by atoms with Crippen LogP contribution in [0.1, 0.15) is 19.3 Å². The molecule has 1 heterocycles. The Hall–Kier alpha value is -0.610. The van der Waals surface area contributed by atoms with Crippen LogP contribution in [0.15, 0.2) is 0 Å². The Kier molecular flexibility index (Phi) is 3.32. The van der Waals surface area contributed by atoms with Crippen LogP contribution in [0.25, 0.3) is 0 Å². The maximum atomic E-state index is 10.8. The molecule has 3 N–H and O–H groups in total. The van der Waals surface area contributed by atoms with Crippen LogP contribution in [0.5, 0.6) is 0 Å². The first-order chi connectivity index (χ1) is 5.33. The molecule has 0 spiro atoms. The second-order valence-corrected chi connectivity index (χ2v) is 2.90. The van der Waals surface area contributed by atoms with E-state index in [1.54, 1.807) is 0 Å². The lowest BCUT2D eigenvalue weighted by Gasteiger charge is -2.25. The van der Waals surface area contributed by atoms with Gasteiger partial charge in [0, 0.05) is 0 Å². The van der Waals surface area contributed by atoms with Crippen LogP contribution in [-0.4, -0.2) is 30.4 Å². The van der Waals surface area contributed by atoms with E-state index in [0.717, 1.165) is 13.1 Å². The molecule has 1 aliphatic heterocycles. The van der Waals surface area contributed by atoms with Gasteiger partial charge >= 0.3 is 0 Å². The number of nitrogens with zero attached hydrogens (tertiary/aromatic N) is 1. The molecule has 0 aromatic carbocycles. The maximum Gasteiger partial charge on any atom is 0.248 e. The minimum Gasteiger partial charge on any atom is -0.294 e. The van der Waals surface area contributed by atoms with E-state index >= 15 is 0 Å². The third-order valence-corrected chi connectivity index (χ3v) is 1.98. The number of carbonyl (C=O) groups excluding carboxylic acids is 1. The first-order valence-electron chi connectivity index (χ1n) is 4.05. The molecule has 0 aromatic heterocycles. The molecule has 0 unspecified atom stereocenters.